The molecule has 0 fully saturated rings. The molecule has 0 bridgehead atoms. The number of rotatable bonds is 5. The van der Waals surface area contributed by atoms with Crippen LogP contribution in [0.15, 0.2) is 54.6 Å². The van der Waals surface area contributed by atoms with E-state index in [1.54, 1.807) is 24.3 Å². The van der Waals surface area contributed by atoms with Crippen LogP contribution in [0.25, 0.3) is 6.08 Å². The first kappa shape index (κ1) is 17.9. The Morgan fingerprint density at radius 1 is 1.16 bits per heavy atom. The van der Waals surface area contributed by atoms with Gasteiger partial charge >= 0.3 is 5.97 Å². The van der Waals surface area contributed by atoms with Crippen LogP contribution in [0.1, 0.15) is 18.1 Å². The first-order valence-electron chi connectivity index (χ1n) is 7.43. The molecule has 0 radical (unpaired) electrons. The monoisotopic (exact) mass is 338 g/mol. The maximum Gasteiger partial charge on any atom is 0.331 e. The van der Waals surface area contributed by atoms with E-state index in [1.807, 2.05) is 6.07 Å². The van der Waals surface area contributed by atoms with Crippen LogP contribution in [-0.2, 0) is 14.3 Å². The van der Waals surface area contributed by atoms with Gasteiger partial charge in [-0.25, -0.2) is 9.18 Å². The van der Waals surface area contributed by atoms with Gasteiger partial charge in [-0.15, -0.1) is 0 Å². The Kier molecular flexibility index (Phi) is 6.02. The van der Waals surface area contributed by atoms with Crippen LogP contribution in [0.3, 0.4) is 0 Å². The molecule has 1 amide bonds. The Morgan fingerprint density at radius 2 is 1.80 bits per heavy atom. The number of amides is 1. The highest BCUT2D eigenvalue weighted by Crippen LogP contribution is 2.10. The molecular weight excluding hydrogens is 323 g/mol. The lowest BCUT2D eigenvalue weighted by atomic mass is 10.2. The zero-order chi connectivity index (χ0) is 18.2. The van der Waals surface area contributed by atoms with Gasteiger partial charge in [-0.05, 0) is 55.0 Å². The minimum Gasteiger partial charge on any atom is -0.449 e. The standard InChI is InChI=1S/C19H15FN2O3/c1-13(19(24)22-17-9-4-15(12-21)5-10-17)25-18(23)11-6-14-2-7-16(20)8-3-14/h2-11,13H,1H3,(H,22,24)/b11-6+/t13-/m1/s1. The van der Waals surface area contributed by atoms with Gasteiger partial charge in [-0.2, -0.15) is 5.26 Å². The van der Waals surface area contributed by atoms with Gasteiger partial charge < -0.3 is 10.1 Å². The van der Waals surface area contributed by atoms with Gasteiger partial charge in [0.05, 0.1) is 11.6 Å². The fourth-order valence-electron chi connectivity index (χ4n) is 1.88. The molecule has 6 heteroatoms. The van der Waals surface area contributed by atoms with E-state index < -0.39 is 18.0 Å². The van der Waals surface area contributed by atoms with Gasteiger partial charge in [0.1, 0.15) is 5.82 Å². The number of nitriles is 1. The van der Waals surface area contributed by atoms with Crippen molar-refractivity contribution in [3.05, 3.63) is 71.6 Å². The lowest BCUT2D eigenvalue weighted by Crippen LogP contribution is -2.29. The van der Waals surface area contributed by atoms with Gasteiger partial charge in [0, 0.05) is 11.8 Å². The Hall–Kier alpha value is -3.46. The predicted octanol–water partition coefficient (Wildman–Crippen LogP) is 3.28. The van der Waals surface area contributed by atoms with Crippen LogP contribution in [0.5, 0.6) is 0 Å². The van der Waals surface area contributed by atoms with Crippen molar-refractivity contribution in [3.8, 4) is 6.07 Å². The number of anilines is 1. The average Bonchev–Trinajstić information content (AvgIpc) is 2.61. The average molecular weight is 338 g/mol. The largest absolute Gasteiger partial charge is 0.449 e. The smallest absolute Gasteiger partial charge is 0.331 e. The first-order chi connectivity index (χ1) is 12.0. The van der Waals surface area contributed by atoms with Crippen LogP contribution in [-0.4, -0.2) is 18.0 Å². The number of carbonyl (C=O) groups excluding carboxylic acids is 2. The van der Waals surface area contributed by atoms with Crippen LogP contribution in [0, 0.1) is 17.1 Å². The molecule has 2 aromatic carbocycles. The van der Waals surface area contributed by atoms with E-state index in [0.29, 0.717) is 16.8 Å². The summed E-state index contributed by atoms with van der Waals surface area (Å²) >= 11 is 0. The zero-order valence-electron chi connectivity index (χ0n) is 13.4. The Morgan fingerprint density at radius 3 is 2.40 bits per heavy atom. The van der Waals surface area contributed by atoms with Gasteiger partial charge in [0.25, 0.3) is 5.91 Å². The maximum atomic E-state index is 12.8. The van der Waals surface area contributed by atoms with Crippen LogP contribution in [0.4, 0.5) is 10.1 Å². The summed E-state index contributed by atoms with van der Waals surface area (Å²) in [6.07, 6.45) is 1.63. The number of benzene rings is 2. The highest BCUT2D eigenvalue weighted by Gasteiger charge is 2.16. The van der Waals surface area contributed by atoms with Crippen molar-refractivity contribution in [2.45, 2.75) is 13.0 Å². The summed E-state index contributed by atoms with van der Waals surface area (Å²) in [7, 11) is 0. The van der Waals surface area contributed by atoms with E-state index in [4.69, 9.17) is 10.00 Å². The molecular formula is C19H15FN2O3. The van der Waals surface area contributed by atoms with E-state index in [9.17, 15) is 14.0 Å². The number of halogens is 1. The minimum absolute atomic E-state index is 0.368. The minimum atomic E-state index is -0.999. The normalized spacial score (nSPS) is 11.6. The molecule has 0 unspecified atom stereocenters. The molecule has 1 atom stereocenters. The molecule has 0 saturated carbocycles. The summed E-state index contributed by atoms with van der Waals surface area (Å²) in [5.74, 6) is -1.55. The third-order valence-corrected chi connectivity index (χ3v) is 3.23. The van der Waals surface area contributed by atoms with Crippen LogP contribution in [0.2, 0.25) is 0 Å². The van der Waals surface area contributed by atoms with Gasteiger partial charge in [0.2, 0.25) is 0 Å². The Bertz CT molecular complexity index is 821. The van der Waals surface area contributed by atoms with Crippen molar-refractivity contribution in [1.29, 1.82) is 5.26 Å². The molecule has 0 heterocycles. The quantitative estimate of drug-likeness (QED) is 0.670. The molecule has 0 aromatic heterocycles. The third kappa shape index (κ3) is 5.59. The van der Waals surface area contributed by atoms with Crippen molar-refractivity contribution < 1.29 is 18.7 Å². The zero-order valence-corrected chi connectivity index (χ0v) is 13.4. The summed E-state index contributed by atoms with van der Waals surface area (Å²) in [4.78, 5) is 23.7. The summed E-state index contributed by atoms with van der Waals surface area (Å²) < 4.78 is 17.8. The fraction of sp³-hybridized carbons (Fsp3) is 0.105. The van der Waals surface area contributed by atoms with Gasteiger partial charge in [0.15, 0.2) is 6.10 Å². The van der Waals surface area contributed by atoms with Crippen molar-refractivity contribution in [2.75, 3.05) is 5.32 Å². The van der Waals surface area contributed by atoms with E-state index in [2.05, 4.69) is 5.32 Å². The number of hydrogen-bond acceptors (Lipinski definition) is 4. The Balaban J connectivity index is 1.87. The second kappa shape index (κ2) is 8.41. The second-order valence-electron chi connectivity index (χ2n) is 5.14. The lowest BCUT2D eigenvalue weighted by molar-refractivity contribution is -0.148. The van der Waals surface area contributed by atoms with E-state index in [1.165, 1.54) is 43.3 Å². The number of esters is 1. The van der Waals surface area contributed by atoms with Crippen molar-refractivity contribution >= 4 is 23.6 Å². The molecule has 1 N–H and O–H groups in total. The van der Waals surface area contributed by atoms with E-state index >= 15 is 0 Å². The molecule has 0 saturated heterocycles. The lowest BCUT2D eigenvalue weighted by Gasteiger charge is -2.12. The van der Waals surface area contributed by atoms with Crippen molar-refractivity contribution in [3.63, 3.8) is 0 Å². The third-order valence-electron chi connectivity index (χ3n) is 3.23. The molecule has 5 nitrogen and oxygen atoms in total. The maximum absolute atomic E-state index is 12.8. The number of nitrogens with zero attached hydrogens (tertiary/aromatic N) is 1. The number of hydrogen-bond donors (Lipinski definition) is 1. The topological polar surface area (TPSA) is 79.2 Å². The highest BCUT2D eigenvalue weighted by molar-refractivity contribution is 5.96. The van der Waals surface area contributed by atoms with Crippen LogP contribution < -0.4 is 5.32 Å². The highest BCUT2D eigenvalue weighted by atomic mass is 19.1. The number of ether oxygens (including phenoxy) is 1. The molecule has 0 aliphatic rings. The fourth-order valence-corrected chi connectivity index (χ4v) is 1.88. The van der Waals surface area contributed by atoms with Crippen molar-refractivity contribution in [2.24, 2.45) is 0 Å². The summed E-state index contributed by atoms with van der Waals surface area (Å²) in [6.45, 7) is 1.45. The molecule has 2 aromatic rings. The summed E-state index contributed by atoms with van der Waals surface area (Å²) in [5.41, 5.74) is 1.60. The molecule has 2 rings (SSSR count). The SMILES string of the molecule is C[C@@H](OC(=O)/C=C/c1ccc(F)cc1)C(=O)Nc1ccc(C#N)cc1. The molecule has 0 spiro atoms. The van der Waals surface area contributed by atoms with Crippen LogP contribution >= 0.6 is 0 Å². The summed E-state index contributed by atoms with van der Waals surface area (Å²) in [5, 5.41) is 11.3. The Labute approximate surface area is 144 Å². The molecule has 0 aliphatic heterocycles. The van der Waals surface area contributed by atoms with Gasteiger partial charge in [-0.1, -0.05) is 12.1 Å². The summed E-state index contributed by atoms with van der Waals surface area (Å²) in [6, 6.07) is 13.9. The first-order valence-corrected chi connectivity index (χ1v) is 7.43. The van der Waals surface area contributed by atoms with E-state index in [0.717, 1.165) is 0 Å². The second-order valence-corrected chi connectivity index (χ2v) is 5.14. The van der Waals surface area contributed by atoms with Crippen molar-refractivity contribution in [1.82, 2.24) is 0 Å². The molecule has 126 valence electrons. The van der Waals surface area contributed by atoms with E-state index in [-0.39, 0.29) is 5.82 Å². The number of nitrogens with one attached hydrogen (secondary N) is 1. The molecule has 0 aliphatic carbocycles. The predicted molar refractivity (Wildman–Crippen MR) is 90.8 cm³/mol. The molecule has 25 heavy (non-hydrogen) atoms. The number of carbonyl (C=O) groups is 2. The van der Waals surface area contributed by atoms with Gasteiger partial charge in [-0.3, -0.25) is 4.79 Å².